The Bertz CT molecular complexity index is 954. The number of amides is 1. The SMILES string of the molecule is O=C(Nc1cc([N+](=O)[O-])ccc1F)c1ccc(-c2ccc(Cl)cc2)o1. The molecule has 1 amide bonds. The molecular formula is C17H10ClFN2O4. The fraction of sp³-hybridized carbons (Fsp3) is 0. The van der Waals surface area contributed by atoms with Crippen molar-refractivity contribution in [2.24, 2.45) is 0 Å². The van der Waals surface area contributed by atoms with E-state index in [1.807, 2.05) is 0 Å². The second-order valence-electron chi connectivity index (χ2n) is 5.05. The summed E-state index contributed by atoms with van der Waals surface area (Å²) in [5, 5.41) is 13.6. The van der Waals surface area contributed by atoms with E-state index in [9.17, 15) is 19.3 Å². The van der Waals surface area contributed by atoms with Gasteiger partial charge < -0.3 is 9.73 Å². The summed E-state index contributed by atoms with van der Waals surface area (Å²) in [7, 11) is 0. The number of furan rings is 1. The van der Waals surface area contributed by atoms with Crippen molar-refractivity contribution in [2.45, 2.75) is 0 Å². The zero-order valence-electron chi connectivity index (χ0n) is 12.5. The van der Waals surface area contributed by atoms with Crippen LogP contribution in [0.1, 0.15) is 10.6 Å². The molecule has 0 saturated heterocycles. The minimum Gasteiger partial charge on any atom is -0.451 e. The number of hydrogen-bond donors (Lipinski definition) is 1. The van der Waals surface area contributed by atoms with Crippen LogP contribution in [0.3, 0.4) is 0 Å². The first-order valence-corrected chi connectivity index (χ1v) is 7.43. The van der Waals surface area contributed by atoms with Crippen LogP contribution in [0.15, 0.2) is 59.0 Å². The molecule has 1 aromatic heterocycles. The van der Waals surface area contributed by atoms with Gasteiger partial charge in [0.1, 0.15) is 11.6 Å². The number of nitro benzene ring substituents is 1. The average Bonchev–Trinajstić information content (AvgIpc) is 3.07. The van der Waals surface area contributed by atoms with Crippen molar-refractivity contribution in [1.29, 1.82) is 0 Å². The van der Waals surface area contributed by atoms with Crippen molar-refractivity contribution >= 4 is 28.9 Å². The molecule has 0 fully saturated rings. The maximum absolute atomic E-state index is 13.7. The fourth-order valence-corrected chi connectivity index (χ4v) is 2.26. The quantitative estimate of drug-likeness (QED) is 0.529. The first-order chi connectivity index (χ1) is 11.9. The van der Waals surface area contributed by atoms with Crippen LogP contribution in [0.2, 0.25) is 5.02 Å². The number of halogens is 2. The summed E-state index contributed by atoms with van der Waals surface area (Å²) in [6.07, 6.45) is 0. The van der Waals surface area contributed by atoms with Crippen LogP contribution < -0.4 is 5.32 Å². The summed E-state index contributed by atoms with van der Waals surface area (Å²) in [4.78, 5) is 22.3. The van der Waals surface area contributed by atoms with Gasteiger partial charge in [-0.15, -0.1) is 0 Å². The fourth-order valence-electron chi connectivity index (χ4n) is 2.14. The van der Waals surface area contributed by atoms with Crippen molar-refractivity contribution < 1.29 is 18.5 Å². The predicted molar refractivity (Wildman–Crippen MR) is 90.2 cm³/mol. The lowest BCUT2D eigenvalue weighted by atomic mass is 10.2. The summed E-state index contributed by atoms with van der Waals surface area (Å²) in [5.41, 5.74) is 0.0756. The molecule has 0 saturated carbocycles. The van der Waals surface area contributed by atoms with Crippen LogP contribution >= 0.6 is 11.6 Å². The molecule has 126 valence electrons. The lowest BCUT2D eigenvalue weighted by Gasteiger charge is -2.04. The number of carbonyl (C=O) groups excluding carboxylic acids is 1. The standard InChI is InChI=1S/C17H10ClFN2O4/c18-11-3-1-10(2-4-11)15-7-8-16(25-15)17(22)20-14-9-12(21(23)24)5-6-13(14)19/h1-9H,(H,20,22). The minimum absolute atomic E-state index is 0.0594. The van der Waals surface area contributed by atoms with Gasteiger partial charge in [-0.1, -0.05) is 11.6 Å². The van der Waals surface area contributed by atoms with Crippen LogP contribution in [0, 0.1) is 15.9 Å². The lowest BCUT2D eigenvalue weighted by molar-refractivity contribution is -0.384. The highest BCUT2D eigenvalue weighted by Crippen LogP contribution is 2.25. The molecule has 1 N–H and O–H groups in total. The van der Waals surface area contributed by atoms with E-state index in [0.29, 0.717) is 16.3 Å². The van der Waals surface area contributed by atoms with Crippen molar-refractivity contribution in [3.8, 4) is 11.3 Å². The topological polar surface area (TPSA) is 85.4 Å². The summed E-state index contributed by atoms with van der Waals surface area (Å²) in [6.45, 7) is 0. The third kappa shape index (κ3) is 3.67. The van der Waals surface area contributed by atoms with Crippen molar-refractivity contribution in [1.82, 2.24) is 0 Å². The first-order valence-electron chi connectivity index (χ1n) is 7.05. The zero-order chi connectivity index (χ0) is 18.0. The maximum atomic E-state index is 13.7. The zero-order valence-corrected chi connectivity index (χ0v) is 13.3. The Morgan fingerprint density at radius 2 is 1.84 bits per heavy atom. The molecule has 0 bridgehead atoms. The number of non-ortho nitro benzene ring substituents is 1. The number of nitro groups is 1. The van der Waals surface area contributed by atoms with E-state index in [-0.39, 0.29) is 17.1 Å². The monoisotopic (exact) mass is 360 g/mol. The van der Waals surface area contributed by atoms with Crippen LogP contribution in [0.4, 0.5) is 15.8 Å². The van der Waals surface area contributed by atoms with E-state index in [1.165, 1.54) is 6.07 Å². The first kappa shape index (κ1) is 16.7. The van der Waals surface area contributed by atoms with Crippen LogP contribution in [-0.2, 0) is 0 Å². The van der Waals surface area contributed by atoms with E-state index < -0.39 is 16.6 Å². The van der Waals surface area contributed by atoms with Crippen molar-refractivity contribution in [2.75, 3.05) is 5.32 Å². The van der Waals surface area contributed by atoms with E-state index in [4.69, 9.17) is 16.0 Å². The third-order valence-electron chi connectivity index (χ3n) is 3.37. The van der Waals surface area contributed by atoms with Gasteiger partial charge in [0.05, 0.1) is 10.6 Å². The summed E-state index contributed by atoms with van der Waals surface area (Å²) in [6, 6.07) is 12.7. The second kappa shape index (κ2) is 6.74. The molecule has 0 atom stereocenters. The van der Waals surface area contributed by atoms with Gasteiger partial charge in [0.15, 0.2) is 5.76 Å². The van der Waals surface area contributed by atoms with Gasteiger partial charge in [-0.2, -0.15) is 0 Å². The molecule has 1 heterocycles. The summed E-state index contributed by atoms with van der Waals surface area (Å²) in [5.74, 6) is -1.14. The highest BCUT2D eigenvalue weighted by atomic mass is 35.5. The molecule has 3 rings (SSSR count). The van der Waals surface area contributed by atoms with Crippen LogP contribution in [0.25, 0.3) is 11.3 Å². The van der Waals surface area contributed by atoms with E-state index in [2.05, 4.69) is 5.32 Å². The second-order valence-corrected chi connectivity index (χ2v) is 5.48. The van der Waals surface area contributed by atoms with Gasteiger partial charge >= 0.3 is 0 Å². The Labute approximate surface area is 146 Å². The Morgan fingerprint density at radius 1 is 1.12 bits per heavy atom. The molecule has 6 nitrogen and oxygen atoms in total. The molecule has 0 unspecified atom stereocenters. The molecule has 0 spiro atoms. The number of nitrogens with one attached hydrogen (secondary N) is 1. The van der Waals surface area contributed by atoms with Crippen LogP contribution in [0.5, 0.6) is 0 Å². The Morgan fingerprint density at radius 3 is 2.52 bits per heavy atom. The molecular weight excluding hydrogens is 351 g/mol. The van der Waals surface area contributed by atoms with Gasteiger partial charge in [0.2, 0.25) is 0 Å². The van der Waals surface area contributed by atoms with E-state index in [0.717, 1.165) is 18.2 Å². The number of nitrogens with zero attached hydrogens (tertiary/aromatic N) is 1. The number of anilines is 1. The minimum atomic E-state index is -0.788. The van der Waals surface area contributed by atoms with Crippen LogP contribution in [-0.4, -0.2) is 10.8 Å². The smallest absolute Gasteiger partial charge is 0.291 e. The maximum Gasteiger partial charge on any atom is 0.291 e. The number of benzene rings is 2. The highest BCUT2D eigenvalue weighted by molar-refractivity contribution is 6.30. The summed E-state index contributed by atoms with van der Waals surface area (Å²) < 4.78 is 19.2. The van der Waals surface area contributed by atoms with Gasteiger partial charge in [-0.05, 0) is 42.5 Å². The molecule has 8 heteroatoms. The van der Waals surface area contributed by atoms with Crippen molar-refractivity contribution in [3.63, 3.8) is 0 Å². The Hall–Kier alpha value is -3.19. The van der Waals surface area contributed by atoms with Gasteiger partial charge in [0, 0.05) is 22.7 Å². The average molecular weight is 361 g/mol. The van der Waals surface area contributed by atoms with Gasteiger partial charge in [0.25, 0.3) is 11.6 Å². The number of carbonyl (C=O) groups is 1. The molecule has 0 radical (unpaired) electrons. The van der Waals surface area contributed by atoms with Crippen molar-refractivity contribution in [3.05, 3.63) is 81.3 Å². The molecule has 0 aliphatic rings. The molecule has 2 aromatic carbocycles. The third-order valence-corrected chi connectivity index (χ3v) is 3.62. The van der Waals surface area contributed by atoms with Gasteiger partial charge in [-0.3, -0.25) is 14.9 Å². The lowest BCUT2D eigenvalue weighted by Crippen LogP contribution is -2.12. The van der Waals surface area contributed by atoms with Gasteiger partial charge in [-0.25, -0.2) is 4.39 Å². The molecule has 0 aliphatic heterocycles. The molecule has 0 aliphatic carbocycles. The number of rotatable bonds is 4. The summed E-state index contributed by atoms with van der Waals surface area (Å²) >= 11 is 5.82. The largest absolute Gasteiger partial charge is 0.451 e. The normalized spacial score (nSPS) is 10.5. The van der Waals surface area contributed by atoms with E-state index in [1.54, 1.807) is 30.3 Å². The Balaban J connectivity index is 1.82. The predicted octanol–water partition coefficient (Wildman–Crippen LogP) is 4.90. The van der Waals surface area contributed by atoms with E-state index >= 15 is 0 Å². The Kier molecular flexibility index (Phi) is 4.49. The molecule has 3 aromatic rings. The highest BCUT2D eigenvalue weighted by Gasteiger charge is 2.17. The number of hydrogen-bond acceptors (Lipinski definition) is 4. The molecule has 25 heavy (non-hydrogen) atoms.